The van der Waals surface area contributed by atoms with Crippen LogP contribution < -0.4 is 29.4 Å². The maximum atomic E-state index is 15.7. The molecule has 6 unspecified atom stereocenters. The minimum absolute atomic E-state index is 0.0793. The van der Waals surface area contributed by atoms with E-state index in [-0.39, 0.29) is 57.7 Å². The number of rotatable bonds is 11. The number of carbonyl (C=O) groups excluding carboxylic acids is 4. The molecule has 63 heavy (non-hydrogen) atoms. The number of methoxy groups -OCH3 is 3. The van der Waals surface area contributed by atoms with E-state index in [1.54, 1.807) is 30.3 Å². The highest BCUT2D eigenvalue weighted by atomic mass is 35.5. The molecule has 4 amide bonds. The van der Waals surface area contributed by atoms with Crippen molar-refractivity contribution in [2.45, 2.75) is 24.2 Å². The first-order chi connectivity index (χ1) is 30.0. The molecule has 8 rings (SSSR count). The number of nitro benzene ring substituents is 2. The number of phenolic OH excluding ortho intramolecular Hbond substituents is 1. The number of halogens is 2. The zero-order valence-electron chi connectivity index (χ0n) is 34.2. The number of fused-ring (bicyclic) bond motifs is 4. The molecule has 2 saturated heterocycles. The number of phenols is 1. The molecule has 2 heterocycles. The molecule has 0 radical (unpaired) electrons. The average molecular weight is 902 g/mol. The molecule has 20 heteroatoms. The van der Waals surface area contributed by atoms with E-state index in [0.717, 1.165) is 22.0 Å². The van der Waals surface area contributed by atoms with Crippen LogP contribution in [0, 0.1) is 43.9 Å². The van der Waals surface area contributed by atoms with E-state index in [1.807, 2.05) is 0 Å². The van der Waals surface area contributed by atoms with Crippen LogP contribution in [0.25, 0.3) is 0 Å². The first-order valence-electron chi connectivity index (χ1n) is 19.4. The zero-order chi connectivity index (χ0) is 45.4. The fourth-order valence-corrected chi connectivity index (χ4v) is 10.5. The van der Waals surface area contributed by atoms with Gasteiger partial charge in [0.25, 0.3) is 11.8 Å². The molecular formula is C43H38Cl2N6O12. The highest BCUT2D eigenvalue weighted by Gasteiger charge is 2.71. The van der Waals surface area contributed by atoms with Crippen molar-refractivity contribution in [2.75, 3.05) is 50.7 Å². The standard InChI is InChI=1S/C43H38Cl2N6O12/c1-47(2)38-31(50(57)58)15-22(16-32(38)51(59)60)48-39(53)26-12-11-25-27(35(26)41(48)55)19-28-40(54)49(46-30-13-8-21(44)14-29(30)45)42(56)43(28,20-6-9-23(61-3)10-7-20)37(25)36-33(52)17-24(62-4)18-34(36)63-5/h6-11,13-18,26-28,35,37,46,52H,12,19H2,1-5H3. The van der Waals surface area contributed by atoms with Crippen LogP contribution in [0.1, 0.15) is 29.9 Å². The van der Waals surface area contributed by atoms with Gasteiger partial charge in [-0.1, -0.05) is 47.0 Å². The summed E-state index contributed by atoms with van der Waals surface area (Å²) in [5.74, 6) is -8.51. The van der Waals surface area contributed by atoms with Crippen LogP contribution in [0.2, 0.25) is 10.0 Å². The number of aromatic hydroxyl groups is 1. The molecule has 18 nitrogen and oxygen atoms in total. The van der Waals surface area contributed by atoms with Crippen LogP contribution >= 0.6 is 23.2 Å². The van der Waals surface area contributed by atoms with Crippen molar-refractivity contribution in [1.82, 2.24) is 5.01 Å². The summed E-state index contributed by atoms with van der Waals surface area (Å²) in [6.07, 6.45) is 1.46. The number of amides is 4. The second-order valence-electron chi connectivity index (χ2n) is 15.7. The molecule has 4 aromatic carbocycles. The Morgan fingerprint density at radius 3 is 2.05 bits per heavy atom. The van der Waals surface area contributed by atoms with Crippen LogP contribution in [0.15, 0.2) is 78.4 Å². The van der Waals surface area contributed by atoms with E-state index in [0.29, 0.717) is 21.9 Å². The lowest BCUT2D eigenvalue weighted by molar-refractivity contribution is -0.392. The Labute approximate surface area is 368 Å². The van der Waals surface area contributed by atoms with Gasteiger partial charge in [0.2, 0.25) is 11.8 Å². The van der Waals surface area contributed by atoms with E-state index in [4.69, 9.17) is 37.4 Å². The summed E-state index contributed by atoms with van der Waals surface area (Å²) in [6, 6.07) is 15.7. The van der Waals surface area contributed by atoms with Gasteiger partial charge in [0.15, 0.2) is 5.69 Å². The van der Waals surface area contributed by atoms with Crippen molar-refractivity contribution in [3.8, 4) is 23.0 Å². The molecule has 4 aliphatic rings. The molecule has 2 N–H and O–H groups in total. The van der Waals surface area contributed by atoms with Crippen molar-refractivity contribution in [3.63, 3.8) is 0 Å². The summed E-state index contributed by atoms with van der Waals surface area (Å²) in [5, 5.41) is 37.9. The molecule has 6 atom stereocenters. The minimum atomic E-state index is -1.88. The van der Waals surface area contributed by atoms with Gasteiger partial charge in [0.1, 0.15) is 23.0 Å². The Hall–Kier alpha value is -6.92. The Kier molecular flexibility index (Phi) is 10.7. The normalized spacial score (nSPS) is 23.7. The van der Waals surface area contributed by atoms with Crippen LogP contribution in [0.5, 0.6) is 23.0 Å². The number of anilines is 3. The molecular weight excluding hydrogens is 863 g/mol. The summed E-state index contributed by atoms with van der Waals surface area (Å²) in [4.78, 5) is 85.1. The third kappa shape index (κ3) is 6.45. The number of benzene rings is 4. The largest absolute Gasteiger partial charge is 0.507 e. The van der Waals surface area contributed by atoms with Crippen molar-refractivity contribution in [2.24, 2.45) is 23.7 Å². The fourth-order valence-electron chi connectivity index (χ4n) is 10.0. The second-order valence-corrected chi connectivity index (χ2v) is 16.6. The van der Waals surface area contributed by atoms with E-state index in [9.17, 15) is 34.9 Å². The molecule has 2 aliphatic heterocycles. The predicted molar refractivity (Wildman–Crippen MR) is 228 cm³/mol. The maximum Gasteiger partial charge on any atom is 0.301 e. The summed E-state index contributed by atoms with van der Waals surface area (Å²) in [6.45, 7) is 0. The summed E-state index contributed by atoms with van der Waals surface area (Å²) < 4.78 is 16.8. The monoisotopic (exact) mass is 900 g/mol. The highest BCUT2D eigenvalue weighted by molar-refractivity contribution is 6.36. The van der Waals surface area contributed by atoms with Gasteiger partial charge in [0, 0.05) is 54.9 Å². The van der Waals surface area contributed by atoms with Gasteiger partial charge in [-0.15, -0.1) is 0 Å². The van der Waals surface area contributed by atoms with Crippen LogP contribution in [-0.4, -0.2) is 79.0 Å². The maximum absolute atomic E-state index is 15.7. The highest BCUT2D eigenvalue weighted by Crippen LogP contribution is 2.66. The SMILES string of the molecule is COc1ccc(C23C(=O)N(Nc4ccc(Cl)cc4Cl)C(=O)C2CC2C(=CCC4C(=O)N(c5cc([N+](=O)[O-])c(N(C)C)c([N+](=O)[O-])c5)C(=O)C42)C3c2c(O)cc(OC)cc2OC)cc1. The number of hydrazine groups is 1. The van der Waals surface area contributed by atoms with Gasteiger partial charge >= 0.3 is 11.4 Å². The number of hydrogen-bond donors (Lipinski definition) is 2. The van der Waals surface area contributed by atoms with Crippen molar-refractivity contribution in [3.05, 3.63) is 120 Å². The van der Waals surface area contributed by atoms with Gasteiger partial charge < -0.3 is 24.2 Å². The van der Waals surface area contributed by atoms with Crippen molar-refractivity contribution in [1.29, 1.82) is 0 Å². The third-order valence-corrected chi connectivity index (χ3v) is 13.1. The zero-order valence-corrected chi connectivity index (χ0v) is 35.7. The number of carbonyl (C=O) groups is 4. The first-order valence-corrected chi connectivity index (χ1v) is 20.2. The van der Waals surface area contributed by atoms with E-state index < -0.39 is 79.9 Å². The molecule has 326 valence electrons. The molecule has 2 aliphatic carbocycles. The second kappa shape index (κ2) is 15.8. The van der Waals surface area contributed by atoms with Gasteiger partial charge in [-0.25, -0.2) is 4.90 Å². The van der Waals surface area contributed by atoms with Crippen molar-refractivity contribution < 1.29 is 48.3 Å². The lowest BCUT2D eigenvalue weighted by Gasteiger charge is -2.50. The van der Waals surface area contributed by atoms with Gasteiger partial charge in [-0.2, -0.15) is 5.01 Å². The van der Waals surface area contributed by atoms with Gasteiger partial charge in [-0.3, -0.25) is 44.8 Å². The smallest absolute Gasteiger partial charge is 0.301 e. The Morgan fingerprint density at radius 1 is 0.825 bits per heavy atom. The number of imide groups is 2. The molecule has 0 aromatic heterocycles. The number of allylic oxidation sites excluding steroid dienone is 2. The number of hydrogen-bond acceptors (Lipinski definition) is 14. The Morgan fingerprint density at radius 2 is 1.48 bits per heavy atom. The quantitative estimate of drug-likeness (QED) is 0.0684. The Balaban J connectivity index is 1.36. The topological polar surface area (TPSA) is 224 Å². The summed E-state index contributed by atoms with van der Waals surface area (Å²) in [5.41, 5.74) is -0.0707. The number of ether oxygens (including phenoxy) is 3. The lowest BCUT2D eigenvalue weighted by Crippen LogP contribution is -2.53. The fraction of sp³-hybridized carbons (Fsp3) is 0.302. The molecule has 4 aromatic rings. The van der Waals surface area contributed by atoms with E-state index in [2.05, 4.69) is 5.43 Å². The number of nitro groups is 2. The summed E-state index contributed by atoms with van der Waals surface area (Å²) in [7, 11) is 6.99. The van der Waals surface area contributed by atoms with E-state index in [1.165, 1.54) is 70.7 Å². The van der Waals surface area contributed by atoms with Gasteiger partial charge in [0.05, 0.1) is 70.7 Å². The lowest BCUT2D eigenvalue weighted by atomic mass is 9.49. The van der Waals surface area contributed by atoms with E-state index >= 15 is 9.59 Å². The van der Waals surface area contributed by atoms with Crippen LogP contribution in [-0.2, 0) is 24.6 Å². The average Bonchev–Trinajstić information content (AvgIpc) is 3.64. The number of nitrogens with zero attached hydrogens (tertiary/aromatic N) is 5. The molecule has 1 saturated carbocycles. The van der Waals surface area contributed by atoms with Crippen LogP contribution in [0.4, 0.5) is 28.4 Å². The first kappa shape index (κ1) is 42.8. The Bertz CT molecular complexity index is 2660. The summed E-state index contributed by atoms with van der Waals surface area (Å²) >= 11 is 12.7. The minimum Gasteiger partial charge on any atom is -0.507 e. The van der Waals surface area contributed by atoms with Gasteiger partial charge in [-0.05, 0) is 54.7 Å². The number of nitrogens with one attached hydrogen (secondary N) is 1. The predicted octanol–water partition coefficient (Wildman–Crippen LogP) is 6.80. The molecule has 0 spiro atoms. The van der Waals surface area contributed by atoms with Crippen molar-refractivity contribution >= 4 is 75.3 Å². The third-order valence-electron chi connectivity index (χ3n) is 12.6. The molecule has 3 fully saturated rings. The van der Waals surface area contributed by atoms with Crippen LogP contribution in [0.3, 0.4) is 0 Å². The molecule has 0 bridgehead atoms.